The maximum atomic E-state index is 10.5. The van der Waals surface area contributed by atoms with Gasteiger partial charge >= 0.3 is 5.76 Å². The SMILES string of the molecule is CCSC(C)c1n[nH]c(=O)o1. The molecular formula is C6H10N2O2S. The standard InChI is InChI=1S/C6H10N2O2S/c1-3-11-4(2)5-7-8-6(9)10-5/h4H,3H2,1-2H3,(H,8,9). The lowest BCUT2D eigenvalue weighted by Crippen LogP contribution is -1.94. The fourth-order valence-electron chi connectivity index (χ4n) is 0.737. The van der Waals surface area contributed by atoms with Crippen molar-refractivity contribution in [2.45, 2.75) is 19.1 Å². The molecule has 1 rings (SSSR count). The van der Waals surface area contributed by atoms with E-state index in [-0.39, 0.29) is 5.25 Å². The molecule has 1 aromatic rings. The number of hydrogen-bond acceptors (Lipinski definition) is 4. The maximum absolute atomic E-state index is 10.5. The molecule has 0 spiro atoms. The molecule has 5 heteroatoms. The molecule has 0 bridgehead atoms. The predicted molar refractivity (Wildman–Crippen MR) is 43.7 cm³/mol. The van der Waals surface area contributed by atoms with Crippen molar-refractivity contribution >= 4 is 11.8 Å². The molecule has 0 aliphatic heterocycles. The third-order valence-corrected chi connectivity index (χ3v) is 2.25. The Labute approximate surface area is 68.4 Å². The lowest BCUT2D eigenvalue weighted by molar-refractivity contribution is 0.464. The molecule has 1 atom stereocenters. The van der Waals surface area contributed by atoms with Gasteiger partial charge in [0.1, 0.15) is 0 Å². The van der Waals surface area contributed by atoms with Crippen LogP contribution in [0.2, 0.25) is 0 Å². The summed E-state index contributed by atoms with van der Waals surface area (Å²) in [5.74, 6) is 0.975. The Hall–Kier alpha value is -0.710. The molecule has 0 saturated carbocycles. The fraction of sp³-hybridized carbons (Fsp3) is 0.667. The van der Waals surface area contributed by atoms with E-state index in [4.69, 9.17) is 4.42 Å². The van der Waals surface area contributed by atoms with E-state index >= 15 is 0 Å². The van der Waals surface area contributed by atoms with E-state index in [2.05, 4.69) is 10.2 Å². The van der Waals surface area contributed by atoms with Gasteiger partial charge in [0, 0.05) is 0 Å². The normalized spacial score (nSPS) is 13.3. The average Bonchev–Trinajstić information content (AvgIpc) is 2.36. The molecule has 1 N–H and O–H groups in total. The van der Waals surface area contributed by atoms with Crippen LogP contribution in [0, 0.1) is 0 Å². The number of thioether (sulfide) groups is 1. The van der Waals surface area contributed by atoms with Crippen LogP contribution in [0.4, 0.5) is 0 Å². The van der Waals surface area contributed by atoms with Gasteiger partial charge < -0.3 is 4.42 Å². The Balaban J connectivity index is 2.68. The van der Waals surface area contributed by atoms with Crippen LogP contribution in [0.5, 0.6) is 0 Å². The van der Waals surface area contributed by atoms with Crippen molar-refractivity contribution < 1.29 is 4.42 Å². The molecule has 0 aromatic carbocycles. The monoisotopic (exact) mass is 174 g/mol. The van der Waals surface area contributed by atoms with Crippen molar-refractivity contribution in [1.82, 2.24) is 10.2 Å². The van der Waals surface area contributed by atoms with Gasteiger partial charge in [0.2, 0.25) is 5.89 Å². The summed E-state index contributed by atoms with van der Waals surface area (Å²) in [6.07, 6.45) is 0. The second kappa shape index (κ2) is 3.61. The van der Waals surface area contributed by atoms with E-state index in [1.807, 2.05) is 13.8 Å². The van der Waals surface area contributed by atoms with Crippen molar-refractivity contribution in [1.29, 1.82) is 0 Å². The van der Waals surface area contributed by atoms with Crippen molar-refractivity contribution in [3.8, 4) is 0 Å². The average molecular weight is 174 g/mol. The molecule has 0 fully saturated rings. The Kier molecular flexibility index (Phi) is 2.76. The first-order valence-electron chi connectivity index (χ1n) is 3.41. The van der Waals surface area contributed by atoms with Gasteiger partial charge in [-0.1, -0.05) is 6.92 Å². The summed E-state index contributed by atoms with van der Waals surface area (Å²) in [4.78, 5) is 10.5. The summed E-state index contributed by atoms with van der Waals surface area (Å²) in [6, 6.07) is 0. The molecule has 1 unspecified atom stereocenters. The van der Waals surface area contributed by atoms with E-state index in [9.17, 15) is 4.79 Å². The number of H-pyrrole nitrogens is 1. The number of nitrogens with one attached hydrogen (secondary N) is 1. The zero-order valence-electron chi connectivity index (χ0n) is 6.46. The topological polar surface area (TPSA) is 58.9 Å². The van der Waals surface area contributed by atoms with Crippen molar-refractivity contribution in [3.05, 3.63) is 16.4 Å². The minimum Gasteiger partial charge on any atom is -0.391 e. The predicted octanol–water partition coefficient (Wildman–Crippen LogP) is 1.18. The van der Waals surface area contributed by atoms with Crippen LogP contribution >= 0.6 is 11.8 Å². The third-order valence-electron chi connectivity index (χ3n) is 1.22. The Morgan fingerprint density at radius 3 is 3.00 bits per heavy atom. The molecule has 1 heterocycles. The molecule has 0 saturated heterocycles. The van der Waals surface area contributed by atoms with Crippen LogP contribution in [0.1, 0.15) is 25.0 Å². The minimum atomic E-state index is -0.483. The molecule has 4 nitrogen and oxygen atoms in total. The van der Waals surface area contributed by atoms with E-state index < -0.39 is 5.76 Å². The summed E-state index contributed by atoms with van der Waals surface area (Å²) in [5, 5.41) is 6.08. The Morgan fingerprint density at radius 1 is 1.82 bits per heavy atom. The second-order valence-electron chi connectivity index (χ2n) is 2.05. The van der Waals surface area contributed by atoms with Gasteiger partial charge in [0.05, 0.1) is 5.25 Å². The molecule has 0 radical (unpaired) electrons. The third kappa shape index (κ3) is 2.11. The van der Waals surface area contributed by atoms with Crippen LogP contribution in [0.15, 0.2) is 9.21 Å². The van der Waals surface area contributed by atoms with E-state index in [0.717, 1.165) is 5.75 Å². The minimum absolute atomic E-state index is 0.152. The second-order valence-corrected chi connectivity index (χ2v) is 3.67. The van der Waals surface area contributed by atoms with Gasteiger partial charge in [-0.25, -0.2) is 9.89 Å². The van der Waals surface area contributed by atoms with E-state index in [1.165, 1.54) is 0 Å². The summed E-state index contributed by atoms with van der Waals surface area (Å²) in [5.41, 5.74) is 0. The van der Waals surface area contributed by atoms with Crippen LogP contribution in [0.3, 0.4) is 0 Å². The molecule has 0 aliphatic carbocycles. The van der Waals surface area contributed by atoms with Crippen LogP contribution < -0.4 is 5.76 Å². The van der Waals surface area contributed by atoms with E-state index in [0.29, 0.717) is 5.89 Å². The zero-order valence-corrected chi connectivity index (χ0v) is 7.27. The molecule has 0 aliphatic rings. The van der Waals surface area contributed by atoms with Crippen molar-refractivity contribution in [3.63, 3.8) is 0 Å². The summed E-state index contributed by atoms with van der Waals surface area (Å²) in [7, 11) is 0. The lowest BCUT2D eigenvalue weighted by atomic mass is 10.5. The van der Waals surface area contributed by atoms with Crippen LogP contribution in [-0.4, -0.2) is 16.0 Å². The highest BCUT2D eigenvalue weighted by atomic mass is 32.2. The molecular weight excluding hydrogens is 164 g/mol. The van der Waals surface area contributed by atoms with Gasteiger partial charge in [-0.15, -0.1) is 16.9 Å². The number of hydrogen-bond donors (Lipinski definition) is 1. The van der Waals surface area contributed by atoms with E-state index in [1.54, 1.807) is 11.8 Å². The fourth-order valence-corrected chi connectivity index (χ4v) is 1.48. The number of aromatic nitrogens is 2. The number of aromatic amines is 1. The van der Waals surface area contributed by atoms with Crippen LogP contribution in [-0.2, 0) is 0 Å². The highest BCUT2D eigenvalue weighted by molar-refractivity contribution is 7.99. The van der Waals surface area contributed by atoms with Gasteiger partial charge in [0.25, 0.3) is 0 Å². The zero-order chi connectivity index (χ0) is 8.27. The summed E-state index contributed by atoms with van der Waals surface area (Å²) < 4.78 is 4.75. The van der Waals surface area contributed by atoms with Gasteiger partial charge in [-0.3, -0.25) is 0 Å². The Bertz CT molecular complexity index is 268. The largest absolute Gasteiger partial charge is 0.434 e. The quantitative estimate of drug-likeness (QED) is 0.747. The molecule has 1 aromatic heterocycles. The summed E-state index contributed by atoms with van der Waals surface area (Å²) >= 11 is 1.68. The van der Waals surface area contributed by atoms with Gasteiger partial charge in [-0.2, -0.15) is 0 Å². The van der Waals surface area contributed by atoms with Crippen LogP contribution in [0.25, 0.3) is 0 Å². The molecule has 11 heavy (non-hydrogen) atoms. The van der Waals surface area contributed by atoms with Gasteiger partial charge in [-0.05, 0) is 12.7 Å². The first-order valence-corrected chi connectivity index (χ1v) is 4.46. The Morgan fingerprint density at radius 2 is 2.55 bits per heavy atom. The first-order chi connectivity index (χ1) is 5.24. The van der Waals surface area contributed by atoms with Gasteiger partial charge in [0.15, 0.2) is 0 Å². The number of rotatable bonds is 3. The molecule has 0 amide bonds. The highest BCUT2D eigenvalue weighted by Crippen LogP contribution is 2.24. The smallest absolute Gasteiger partial charge is 0.391 e. The van der Waals surface area contributed by atoms with Crippen molar-refractivity contribution in [2.75, 3.05) is 5.75 Å². The number of nitrogens with zero attached hydrogens (tertiary/aromatic N) is 1. The lowest BCUT2D eigenvalue weighted by Gasteiger charge is -2.01. The highest BCUT2D eigenvalue weighted by Gasteiger charge is 2.10. The maximum Gasteiger partial charge on any atom is 0.434 e. The first kappa shape index (κ1) is 8.39. The summed E-state index contributed by atoms with van der Waals surface area (Å²) in [6.45, 7) is 4.00. The molecule has 62 valence electrons. The van der Waals surface area contributed by atoms with Crippen molar-refractivity contribution in [2.24, 2.45) is 0 Å².